The van der Waals surface area contributed by atoms with Crippen molar-refractivity contribution in [2.24, 2.45) is 0 Å². The molecule has 0 aliphatic rings. The number of hydrogen-bond acceptors (Lipinski definition) is 3. The predicted octanol–water partition coefficient (Wildman–Crippen LogP) is 3.12. The number of pyridine rings is 1. The van der Waals surface area contributed by atoms with Gasteiger partial charge in [-0.15, -0.1) is 0 Å². The van der Waals surface area contributed by atoms with E-state index in [-0.39, 0.29) is 22.2 Å². The molecule has 23 heavy (non-hydrogen) atoms. The predicted molar refractivity (Wildman–Crippen MR) is 76.6 cm³/mol. The number of hydrogen-bond donors (Lipinski definition) is 2. The number of nitrogens with zero attached hydrogens (tertiary/aromatic N) is 2. The van der Waals surface area contributed by atoms with Gasteiger partial charge in [-0.3, -0.25) is 4.79 Å². The molecule has 0 bridgehead atoms. The van der Waals surface area contributed by atoms with Gasteiger partial charge >= 0.3 is 6.18 Å². The molecule has 3 aromatic rings. The number of H-pyrrole nitrogens is 2. The fraction of sp³-hybridized carbons (Fsp3) is 0.133. The lowest BCUT2D eigenvalue weighted by Crippen LogP contribution is -2.12. The summed E-state index contributed by atoms with van der Waals surface area (Å²) in [6, 6.07) is 7.84. The Morgan fingerprint density at radius 3 is 2.61 bits per heavy atom. The van der Waals surface area contributed by atoms with Crippen molar-refractivity contribution in [1.29, 1.82) is 5.26 Å². The Morgan fingerprint density at radius 2 is 1.96 bits per heavy atom. The summed E-state index contributed by atoms with van der Waals surface area (Å²) in [7, 11) is 0. The summed E-state index contributed by atoms with van der Waals surface area (Å²) >= 11 is 0. The second-order valence-electron chi connectivity index (χ2n) is 4.97. The Kier molecular flexibility index (Phi) is 3.21. The first-order chi connectivity index (χ1) is 10.8. The van der Waals surface area contributed by atoms with Gasteiger partial charge in [0.25, 0.3) is 5.56 Å². The van der Waals surface area contributed by atoms with Crippen LogP contribution in [0.3, 0.4) is 0 Å². The second kappa shape index (κ2) is 4.98. The highest BCUT2D eigenvalue weighted by Gasteiger charge is 2.35. The first-order valence-corrected chi connectivity index (χ1v) is 6.51. The number of nitriles is 1. The highest BCUT2D eigenvalue weighted by Crippen LogP contribution is 2.33. The molecule has 8 heteroatoms. The molecule has 1 aromatic carbocycles. The van der Waals surface area contributed by atoms with E-state index in [0.717, 1.165) is 0 Å². The van der Waals surface area contributed by atoms with Gasteiger partial charge in [-0.25, -0.2) is 4.98 Å². The number of para-hydroxylation sites is 1. The van der Waals surface area contributed by atoms with Crippen molar-refractivity contribution in [2.45, 2.75) is 13.1 Å². The van der Waals surface area contributed by atoms with Gasteiger partial charge in [-0.1, -0.05) is 12.1 Å². The van der Waals surface area contributed by atoms with E-state index in [2.05, 4.69) is 15.0 Å². The summed E-state index contributed by atoms with van der Waals surface area (Å²) in [6.07, 6.45) is -4.61. The molecule has 0 radical (unpaired) electrons. The molecule has 2 aromatic heterocycles. The van der Waals surface area contributed by atoms with E-state index < -0.39 is 17.6 Å². The van der Waals surface area contributed by atoms with Crippen molar-refractivity contribution in [3.05, 3.63) is 51.7 Å². The van der Waals surface area contributed by atoms with Crippen molar-refractivity contribution >= 4 is 11.0 Å². The number of alkyl halides is 3. The van der Waals surface area contributed by atoms with Gasteiger partial charge in [0.1, 0.15) is 11.6 Å². The van der Waals surface area contributed by atoms with E-state index in [4.69, 9.17) is 0 Å². The van der Waals surface area contributed by atoms with E-state index in [9.17, 15) is 23.2 Å². The van der Waals surface area contributed by atoms with Crippen LogP contribution in [0.1, 0.15) is 17.1 Å². The average molecular weight is 318 g/mol. The van der Waals surface area contributed by atoms with Crippen molar-refractivity contribution in [1.82, 2.24) is 15.0 Å². The normalized spacial score (nSPS) is 11.6. The molecule has 0 aliphatic carbocycles. The molecule has 0 fully saturated rings. The van der Waals surface area contributed by atoms with Gasteiger partial charge in [0.2, 0.25) is 5.82 Å². The van der Waals surface area contributed by atoms with E-state index in [0.29, 0.717) is 11.3 Å². The van der Waals surface area contributed by atoms with E-state index >= 15 is 0 Å². The van der Waals surface area contributed by atoms with Gasteiger partial charge < -0.3 is 9.97 Å². The quantitative estimate of drug-likeness (QED) is 0.723. The molecule has 3 rings (SSSR count). The fourth-order valence-corrected chi connectivity index (χ4v) is 2.40. The highest BCUT2D eigenvalue weighted by atomic mass is 19.4. The number of aryl methyl sites for hydroxylation is 1. The van der Waals surface area contributed by atoms with E-state index in [1.165, 1.54) is 24.3 Å². The van der Waals surface area contributed by atoms with Crippen LogP contribution >= 0.6 is 0 Å². The summed E-state index contributed by atoms with van der Waals surface area (Å²) in [5, 5.41) is 9.18. The Bertz CT molecular complexity index is 1010. The minimum Gasteiger partial charge on any atom is -0.334 e. The van der Waals surface area contributed by atoms with Crippen molar-refractivity contribution in [3.8, 4) is 17.2 Å². The lowest BCUT2D eigenvalue weighted by atomic mass is 10.00. The zero-order chi connectivity index (χ0) is 16.8. The largest absolute Gasteiger partial charge is 0.449 e. The number of aromatic nitrogens is 3. The Balaban J connectivity index is 2.36. The van der Waals surface area contributed by atoms with Crippen LogP contribution in [0.4, 0.5) is 13.2 Å². The summed E-state index contributed by atoms with van der Waals surface area (Å²) in [4.78, 5) is 20.2. The molecule has 0 atom stereocenters. The third-order valence-corrected chi connectivity index (χ3v) is 3.35. The lowest BCUT2D eigenvalue weighted by Gasteiger charge is -2.06. The molecule has 0 unspecified atom stereocenters. The van der Waals surface area contributed by atoms with Crippen LogP contribution in [0.5, 0.6) is 0 Å². The maximum atomic E-state index is 12.8. The van der Waals surface area contributed by atoms with Crippen molar-refractivity contribution < 1.29 is 13.2 Å². The Morgan fingerprint density at radius 1 is 1.22 bits per heavy atom. The number of benzene rings is 1. The minimum absolute atomic E-state index is 0.0568. The number of fused-ring (bicyclic) bond motifs is 1. The van der Waals surface area contributed by atoms with Crippen LogP contribution in [0.15, 0.2) is 29.1 Å². The van der Waals surface area contributed by atoms with Crippen LogP contribution in [0, 0.1) is 18.3 Å². The minimum atomic E-state index is -4.61. The molecule has 0 amide bonds. The molecule has 2 heterocycles. The third-order valence-electron chi connectivity index (χ3n) is 3.35. The summed E-state index contributed by atoms with van der Waals surface area (Å²) in [6.45, 7) is 1.62. The monoisotopic (exact) mass is 318 g/mol. The van der Waals surface area contributed by atoms with Crippen molar-refractivity contribution in [2.75, 3.05) is 0 Å². The van der Waals surface area contributed by atoms with Gasteiger partial charge in [0, 0.05) is 16.8 Å². The maximum absolute atomic E-state index is 12.8. The van der Waals surface area contributed by atoms with E-state index in [1.807, 2.05) is 0 Å². The first kappa shape index (κ1) is 14.8. The van der Waals surface area contributed by atoms with Crippen LogP contribution in [-0.2, 0) is 6.18 Å². The zero-order valence-corrected chi connectivity index (χ0v) is 11.7. The highest BCUT2D eigenvalue weighted by molar-refractivity contribution is 5.93. The van der Waals surface area contributed by atoms with Gasteiger partial charge in [0.05, 0.1) is 11.0 Å². The molecular weight excluding hydrogens is 309 g/mol. The van der Waals surface area contributed by atoms with Crippen LogP contribution in [-0.4, -0.2) is 15.0 Å². The smallest absolute Gasteiger partial charge is 0.334 e. The molecule has 2 N–H and O–H groups in total. The Labute approximate surface area is 127 Å². The zero-order valence-electron chi connectivity index (χ0n) is 11.7. The topological polar surface area (TPSA) is 85.3 Å². The SMILES string of the molecule is Cc1cc(-c2cccc3[nH]c(C(F)(F)F)nc23)c(C#N)c(=O)[nH]1. The standard InChI is InChI=1S/C15H9F3N4O/c1-7-5-9(10(6-19)13(23)20-7)8-3-2-4-11-12(8)22-14(21-11)15(16,17)18/h2-5H,1H3,(H,20,23)(H,21,22). The van der Waals surface area contributed by atoms with E-state index in [1.54, 1.807) is 13.0 Å². The van der Waals surface area contributed by atoms with Crippen LogP contribution in [0.2, 0.25) is 0 Å². The van der Waals surface area contributed by atoms with Gasteiger partial charge in [0.15, 0.2) is 0 Å². The van der Waals surface area contributed by atoms with Crippen LogP contribution in [0.25, 0.3) is 22.2 Å². The molecule has 5 nitrogen and oxygen atoms in total. The van der Waals surface area contributed by atoms with Crippen LogP contribution < -0.4 is 5.56 Å². The molecular formula is C15H9F3N4O. The number of nitrogens with one attached hydrogen (secondary N) is 2. The first-order valence-electron chi connectivity index (χ1n) is 6.51. The number of aromatic amines is 2. The summed E-state index contributed by atoms with van der Waals surface area (Å²) < 4.78 is 38.5. The fourth-order valence-electron chi connectivity index (χ4n) is 2.40. The number of rotatable bonds is 1. The number of halogens is 3. The molecule has 0 saturated heterocycles. The third kappa shape index (κ3) is 2.46. The Hall–Kier alpha value is -3.08. The molecule has 0 saturated carbocycles. The number of imidazole rings is 1. The van der Waals surface area contributed by atoms with Gasteiger partial charge in [-0.05, 0) is 19.1 Å². The molecule has 116 valence electrons. The summed E-state index contributed by atoms with van der Waals surface area (Å²) in [5.41, 5.74) is 0.510. The molecule has 0 aliphatic heterocycles. The van der Waals surface area contributed by atoms with Gasteiger partial charge in [-0.2, -0.15) is 18.4 Å². The average Bonchev–Trinajstić information content (AvgIpc) is 2.90. The summed E-state index contributed by atoms with van der Waals surface area (Å²) in [5.74, 6) is -1.12. The second-order valence-corrected chi connectivity index (χ2v) is 4.97. The lowest BCUT2D eigenvalue weighted by molar-refractivity contribution is -0.144. The molecule has 0 spiro atoms. The maximum Gasteiger partial charge on any atom is 0.449 e. The van der Waals surface area contributed by atoms with Crippen molar-refractivity contribution in [3.63, 3.8) is 0 Å².